The first-order valence-electron chi connectivity index (χ1n) is 6.94. The summed E-state index contributed by atoms with van der Waals surface area (Å²) in [6.07, 6.45) is 3.54. The molecule has 1 saturated carbocycles. The number of aliphatic hydroxyl groups is 1. The van der Waals surface area contributed by atoms with Crippen LogP contribution < -0.4 is 15.4 Å². The van der Waals surface area contributed by atoms with E-state index in [0.29, 0.717) is 11.4 Å². The molecule has 5 heteroatoms. The van der Waals surface area contributed by atoms with Gasteiger partial charge in [-0.3, -0.25) is 0 Å². The fraction of sp³-hybridized carbons (Fsp3) is 0.533. The number of carbonyl (C=O) groups excluding carboxylic acids is 1. The molecule has 0 heterocycles. The Morgan fingerprint density at radius 3 is 2.75 bits per heavy atom. The van der Waals surface area contributed by atoms with Crippen molar-refractivity contribution in [1.82, 2.24) is 5.32 Å². The fourth-order valence-corrected chi connectivity index (χ4v) is 2.54. The van der Waals surface area contributed by atoms with Crippen LogP contribution in [0.25, 0.3) is 0 Å². The average Bonchev–Trinajstić information content (AvgIpc) is 2.84. The monoisotopic (exact) mass is 278 g/mol. The Bertz CT molecular complexity index is 482. The normalized spacial score (nSPS) is 16.8. The molecule has 1 fully saturated rings. The van der Waals surface area contributed by atoms with Gasteiger partial charge in [-0.15, -0.1) is 0 Å². The molecular weight excluding hydrogens is 256 g/mol. The molecule has 0 spiro atoms. The van der Waals surface area contributed by atoms with E-state index in [1.807, 2.05) is 25.1 Å². The number of hydrogen-bond acceptors (Lipinski definition) is 3. The Morgan fingerprint density at radius 1 is 1.40 bits per heavy atom. The predicted molar refractivity (Wildman–Crippen MR) is 78.2 cm³/mol. The highest BCUT2D eigenvalue weighted by atomic mass is 16.5. The zero-order valence-corrected chi connectivity index (χ0v) is 12.0. The number of urea groups is 1. The lowest BCUT2D eigenvalue weighted by Crippen LogP contribution is -2.42. The number of anilines is 1. The summed E-state index contributed by atoms with van der Waals surface area (Å²) in [5, 5.41) is 15.7. The molecule has 110 valence electrons. The van der Waals surface area contributed by atoms with E-state index in [9.17, 15) is 9.90 Å². The van der Waals surface area contributed by atoms with Crippen molar-refractivity contribution in [3.63, 3.8) is 0 Å². The molecule has 0 atom stereocenters. The molecule has 0 aliphatic heterocycles. The topological polar surface area (TPSA) is 70.6 Å². The summed E-state index contributed by atoms with van der Waals surface area (Å²) >= 11 is 0. The Hall–Kier alpha value is -1.75. The van der Waals surface area contributed by atoms with E-state index in [1.54, 1.807) is 7.11 Å². The maximum atomic E-state index is 11.9. The first kappa shape index (κ1) is 14.7. The highest BCUT2D eigenvalue weighted by Gasteiger charge is 2.31. The first-order valence-corrected chi connectivity index (χ1v) is 6.94. The third-order valence-corrected chi connectivity index (χ3v) is 3.72. The average molecular weight is 278 g/mol. The second-order valence-electron chi connectivity index (χ2n) is 5.44. The number of nitrogens with one attached hydrogen (secondary N) is 2. The highest BCUT2D eigenvalue weighted by molar-refractivity contribution is 5.91. The Kier molecular flexibility index (Phi) is 4.49. The van der Waals surface area contributed by atoms with Crippen LogP contribution in [0.15, 0.2) is 18.2 Å². The summed E-state index contributed by atoms with van der Waals surface area (Å²) in [5.41, 5.74) is 0.924. The van der Waals surface area contributed by atoms with E-state index in [2.05, 4.69) is 10.6 Å². The van der Waals surface area contributed by atoms with E-state index < -0.39 is 5.60 Å². The van der Waals surface area contributed by atoms with Crippen LogP contribution in [0.4, 0.5) is 10.5 Å². The third kappa shape index (κ3) is 3.63. The van der Waals surface area contributed by atoms with Crippen LogP contribution in [0, 0.1) is 6.92 Å². The van der Waals surface area contributed by atoms with Crippen LogP contribution in [0.3, 0.4) is 0 Å². The molecule has 2 amide bonds. The molecule has 2 rings (SSSR count). The van der Waals surface area contributed by atoms with Crippen molar-refractivity contribution in [2.45, 2.75) is 38.2 Å². The molecule has 0 unspecified atom stereocenters. The van der Waals surface area contributed by atoms with E-state index in [4.69, 9.17) is 4.74 Å². The molecular formula is C15H22N2O3. The lowest BCUT2D eigenvalue weighted by atomic mass is 10.0. The van der Waals surface area contributed by atoms with Gasteiger partial charge >= 0.3 is 6.03 Å². The summed E-state index contributed by atoms with van der Waals surface area (Å²) in [4.78, 5) is 11.9. The van der Waals surface area contributed by atoms with Gasteiger partial charge in [0.25, 0.3) is 0 Å². The van der Waals surface area contributed by atoms with Crippen molar-refractivity contribution in [3.05, 3.63) is 23.8 Å². The lowest BCUT2D eigenvalue weighted by molar-refractivity contribution is 0.0506. The number of carbonyl (C=O) groups is 1. The molecule has 1 aliphatic rings. The Balaban J connectivity index is 1.92. The number of aryl methyl sites for hydroxylation is 1. The summed E-state index contributed by atoms with van der Waals surface area (Å²) in [6.45, 7) is 2.23. The lowest BCUT2D eigenvalue weighted by Gasteiger charge is -2.22. The third-order valence-electron chi connectivity index (χ3n) is 3.72. The van der Waals surface area contributed by atoms with Crippen molar-refractivity contribution < 1.29 is 14.6 Å². The smallest absolute Gasteiger partial charge is 0.319 e. The number of ether oxygens (including phenoxy) is 1. The van der Waals surface area contributed by atoms with Gasteiger partial charge in [0.2, 0.25) is 0 Å². The maximum Gasteiger partial charge on any atom is 0.319 e. The minimum Gasteiger partial charge on any atom is -0.495 e. The van der Waals surface area contributed by atoms with Crippen LogP contribution in [-0.4, -0.2) is 30.4 Å². The van der Waals surface area contributed by atoms with Crippen molar-refractivity contribution in [2.24, 2.45) is 0 Å². The number of amides is 2. The summed E-state index contributed by atoms with van der Waals surface area (Å²) in [7, 11) is 1.56. The van der Waals surface area contributed by atoms with Gasteiger partial charge in [-0.2, -0.15) is 0 Å². The van der Waals surface area contributed by atoms with Gasteiger partial charge in [0, 0.05) is 6.54 Å². The molecule has 3 N–H and O–H groups in total. The van der Waals surface area contributed by atoms with Gasteiger partial charge in [-0.25, -0.2) is 4.79 Å². The zero-order valence-electron chi connectivity index (χ0n) is 12.0. The van der Waals surface area contributed by atoms with Crippen LogP contribution in [0.5, 0.6) is 5.75 Å². The highest BCUT2D eigenvalue weighted by Crippen LogP contribution is 2.29. The van der Waals surface area contributed by atoms with Gasteiger partial charge in [-0.1, -0.05) is 18.9 Å². The van der Waals surface area contributed by atoms with Crippen molar-refractivity contribution >= 4 is 11.7 Å². The molecule has 5 nitrogen and oxygen atoms in total. The largest absolute Gasteiger partial charge is 0.495 e. The molecule has 1 aromatic rings. The van der Waals surface area contributed by atoms with Gasteiger partial charge in [0.05, 0.1) is 18.4 Å². The Morgan fingerprint density at radius 2 is 2.10 bits per heavy atom. The molecule has 0 radical (unpaired) electrons. The van der Waals surface area contributed by atoms with E-state index in [-0.39, 0.29) is 12.6 Å². The molecule has 1 aliphatic carbocycles. The Labute approximate surface area is 119 Å². The summed E-state index contributed by atoms with van der Waals surface area (Å²) < 4.78 is 5.21. The molecule has 0 saturated heterocycles. The standard InChI is InChI=1S/C15H22N2O3/c1-11-5-6-13(20-2)12(9-11)17-14(18)16-10-15(19)7-3-4-8-15/h5-6,9,19H,3-4,7-8,10H2,1-2H3,(H2,16,17,18). The van der Waals surface area contributed by atoms with E-state index in [0.717, 1.165) is 31.2 Å². The van der Waals surface area contributed by atoms with Gasteiger partial charge in [-0.05, 0) is 37.5 Å². The van der Waals surface area contributed by atoms with Crippen molar-refractivity contribution in [3.8, 4) is 5.75 Å². The van der Waals surface area contributed by atoms with Gasteiger partial charge in [0.1, 0.15) is 5.75 Å². The predicted octanol–water partition coefficient (Wildman–Crippen LogP) is 2.43. The van der Waals surface area contributed by atoms with Crippen LogP contribution >= 0.6 is 0 Å². The second-order valence-corrected chi connectivity index (χ2v) is 5.44. The van der Waals surface area contributed by atoms with E-state index >= 15 is 0 Å². The number of hydrogen-bond donors (Lipinski definition) is 3. The SMILES string of the molecule is COc1ccc(C)cc1NC(=O)NCC1(O)CCCC1. The molecule has 1 aromatic carbocycles. The van der Waals surface area contributed by atoms with E-state index in [1.165, 1.54) is 0 Å². The summed E-state index contributed by atoms with van der Waals surface area (Å²) in [5.74, 6) is 0.616. The van der Waals surface area contributed by atoms with Crippen molar-refractivity contribution in [2.75, 3.05) is 19.0 Å². The zero-order chi connectivity index (χ0) is 14.6. The van der Waals surface area contributed by atoms with Gasteiger partial charge in [0.15, 0.2) is 0 Å². The van der Waals surface area contributed by atoms with Crippen molar-refractivity contribution in [1.29, 1.82) is 0 Å². The second kappa shape index (κ2) is 6.13. The van der Waals surface area contributed by atoms with Crippen LogP contribution in [0.2, 0.25) is 0 Å². The van der Waals surface area contributed by atoms with Crippen LogP contribution in [-0.2, 0) is 0 Å². The minimum absolute atomic E-state index is 0.285. The maximum absolute atomic E-state index is 11.9. The quantitative estimate of drug-likeness (QED) is 0.792. The minimum atomic E-state index is -0.742. The molecule has 0 bridgehead atoms. The number of methoxy groups -OCH3 is 1. The summed E-state index contributed by atoms with van der Waals surface area (Å²) in [6, 6.07) is 5.26. The first-order chi connectivity index (χ1) is 9.52. The van der Waals surface area contributed by atoms with Crippen LogP contribution in [0.1, 0.15) is 31.2 Å². The van der Waals surface area contributed by atoms with Gasteiger partial charge < -0.3 is 20.5 Å². The molecule has 20 heavy (non-hydrogen) atoms. The molecule has 0 aromatic heterocycles. The number of benzene rings is 1. The number of rotatable bonds is 4. The fourth-order valence-electron chi connectivity index (χ4n) is 2.54.